The molecule has 17 heavy (non-hydrogen) atoms. The van der Waals surface area contributed by atoms with Crippen LogP contribution in [0.1, 0.15) is 32.6 Å². The lowest BCUT2D eigenvalue weighted by Crippen LogP contribution is -2.42. The van der Waals surface area contributed by atoms with E-state index < -0.39 is 0 Å². The minimum absolute atomic E-state index is 0.702. The third-order valence-corrected chi connectivity index (χ3v) is 3.83. The van der Waals surface area contributed by atoms with Crippen LogP contribution in [0.5, 0.6) is 0 Å². The average molecular weight is 240 g/mol. The van der Waals surface area contributed by atoms with Gasteiger partial charge >= 0.3 is 0 Å². The van der Waals surface area contributed by atoms with E-state index in [2.05, 4.69) is 24.2 Å². The van der Waals surface area contributed by atoms with Crippen LogP contribution >= 0.6 is 0 Å². The summed E-state index contributed by atoms with van der Waals surface area (Å²) in [5.74, 6) is 1.83. The van der Waals surface area contributed by atoms with E-state index in [-0.39, 0.29) is 0 Å². The normalized spacial score (nSPS) is 22.1. The second-order valence-electron chi connectivity index (χ2n) is 5.78. The monoisotopic (exact) mass is 240 g/mol. The molecule has 3 nitrogen and oxygen atoms in total. The van der Waals surface area contributed by atoms with Gasteiger partial charge in [0.1, 0.15) is 0 Å². The molecule has 2 aliphatic rings. The number of nitrogens with zero attached hydrogens (tertiary/aromatic N) is 1. The first-order valence-electron chi connectivity index (χ1n) is 7.29. The van der Waals surface area contributed by atoms with Crippen LogP contribution in [0.4, 0.5) is 0 Å². The van der Waals surface area contributed by atoms with E-state index >= 15 is 0 Å². The van der Waals surface area contributed by atoms with E-state index in [0.29, 0.717) is 6.04 Å². The number of nitrogens with one attached hydrogen (secondary N) is 1. The molecule has 0 aromatic heterocycles. The van der Waals surface area contributed by atoms with Crippen molar-refractivity contribution in [3.05, 3.63) is 0 Å². The van der Waals surface area contributed by atoms with Crippen molar-refractivity contribution < 1.29 is 4.74 Å². The molecule has 0 heterocycles. The van der Waals surface area contributed by atoms with Gasteiger partial charge in [0.2, 0.25) is 0 Å². The molecule has 100 valence electrons. The van der Waals surface area contributed by atoms with Crippen molar-refractivity contribution >= 4 is 0 Å². The molecule has 0 spiro atoms. The summed E-state index contributed by atoms with van der Waals surface area (Å²) >= 11 is 0. The van der Waals surface area contributed by atoms with E-state index in [1.165, 1.54) is 32.2 Å². The van der Waals surface area contributed by atoms with Crippen LogP contribution in [0.2, 0.25) is 0 Å². The van der Waals surface area contributed by atoms with Crippen molar-refractivity contribution in [2.75, 3.05) is 39.9 Å². The maximum absolute atomic E-state index is 5.68. The van der Waals surface area contributed by atoms with Crippen LogP contribution in [0.25, 0.3) is 0 Å². The second-order valence-corrected chi connectivity index (χ2v) is 5.78. The Hall–Kier alpha value is -0.120. The van der Waals surface area contributed by atoms with Gasteiger partial charge in [0, 0.05) is 25.7 Å². The number of hydrogen-bond acceptors (Lipinski definition) is 3. The summed E-state index contributed by atoms with van der Waals surface area (Å²) in [6.07, 6.45) is 5.62. The van der Waals surface area contributed by atoms with Gasteiger partial charge < -0.3 is 15.0 Å². The highest BCUT2D eigenvalue weighted by Crippen LogP contribution is 2.32. The van der Waals surface area contributed by atoms with Gasteiger partial charge in [-0.1, -0.05) is 6.92 Å². The number of likely N-dealkylation sites (N-methyl/N-ethyl adjacent to an activating group) is 2. The molecule has 0 aromatic rings. The van der Waals surface area contributed by atoms with Crippen LogP contribution in [-0.2, 0) is 4.74 Å². The highest BCUT2D eigenvalue weighted by Gasteiger charge is 2.31. The molecule has 1 atom stereocenters. The van der Waals surface area contributed by atoms with Crippen molar-refractivity contribution in [1.29, 1.82) is 0 Å². The lowest BCUT2D eigenvalue weighted by molar-refractivity contribution is 0.1000. The first-order chi connectivity index (χ1) is 8.29. The number of rotatable bonds is 10. The third kappa shape index (κ3) is 5.36. The maximum Gasteiger partial charge on any atom is 0.0593 e. The number of ether oxygens (including phenoxy) is 1. The van der Waals surface area contributed by atoms with Gasteiger partial charge in [-0.3, -0.25) is 0 Å². The Morgan fingerprint density at radius 3 is 2.65 bits per heavy atom. The lowest BCUT2D eigenvalue weighted by Gasteiger charge is -2.24. The fraction of sp³-hybridized carbons (Fsp3) is 1.00. The first kappa shape index (κ1) is 13.3. The Balaban J connectivity index is 1.52. The Morgan fingerprint density at radius 1 is 1.29 bits per heavy atom. The van der Waals surface area contributed by atoms with E-state index in [9.17, 15) is 0 Å². The van der Waals surface area contributed by atoms with Crippen LogP contribution in [0, 0.1) is 11.8 Å². The second kappa shape index (κ2) is 6.72. The first-order valence-corrected chi connectivity index (χ1v) is 7.29. The van der Waals surface area contributed by atoms with Crippen molar-refractivity contribution in [2.24, 2.45) is 11.8 Å². The van der Waals surface area contributed by atoms with Gasteiger partial charge in [0.15, 0.2) is 0 Å². The molecule has 2 rings (SSSR count). The molecule has 0 aliphatic heterocycles. The molecule has 2 fully saturated rings. The largest absolute Gasteiger partial charge is 0.380 e. The molecule has 0 saturated heterocycles. The van der Waals surface area contributed by atoms with E-state index in [0.717, 1.165) is 38.1 Å². The number of hydrogen-bond donors (Lipinski definition) is 1. The minimum atomic E-state index is 0.702. The van der Waals surface area contributed by atoms with Crippen molar-refractivity contribution in [3.8, 4) is 0 Å². The quantitative estimate of drug-likeness (QED) is 0.589. The Morgan fingerprint density at radius 2 is 2.06 bits per heavy atom. The zero-order valence-corrected chi connectivity index (χ0v) is 11.5. The highest BCUT2D eigenvalue weighted by atomic mass is 16.5. The topological polar surface area (TPSA) is 24.5 Å². The molecule has 0 amide bonds. The van der Waals surface area contributed by atoms with Crippen molar-refractivity contribution in [1.82, 2.24) is 10.2 Å². The molecule has 0 bridgehead atoms. The molecule has 0 aromatic carbocycles. The molecular weight excluding hydrogens is 212 g/mol. The molecule has 2 saturated carbocycles. The fourth-order valence-corrected chi connectivity index (χ4v) is 2.32. The summed E-state index contributed by atoms with van der Waals surface area (Å²) in [5.41, 5.74) is 0. The van der Waals surface area contributed by atoms with E-state index in [4.69, 9.17) is 4.74 Å². The van der Waals surface area contributed by atoms with Gasteiger partial charge in [-0.15, -0.1) is 0 Å². The maximum atomic E-state index is 5.68. The average Bonchev–Trinajstić information content (AvgIpc) is 3.17. The van der Waals surface area contributed by atoms with E-state index in [1.807, 2.05) is 0 Å². The Bertz CT molecular complexity index is 214. The van der Waals surface area contributed by atoms with Gasteiger partial charge in [0.05, 0.1) is 6.61 Å². The summed E-state index contributed by atoms with van der Waals surface area (Å²) in [5, 5.41) is 3.61. The van der Waals surface area contributed by atoms with Gasteiger partial charge in [0.25, 0.3) is 0 Å². The zero-order valence-electron chi connectivity index (χ0n) is 11.5. The molecule has 1 unspecified atom stereocenters. The highest BCUT2D eigenvalue weighted by molar-refractivity contribution is 4.87. The SMILES string of the molecule is CCNC(CN(C)CCOCC1CC1)C1CC1. The summed E-state index contributed by atoms with van der Waals surface area (Å²) in [7, 11) is 2.22. The minimum Gasteiger partial charge on any atom is -0.380 e. The third-order valence-electron chi connectivity index (χ3n) is 3.83. The predicted octanol–water partition coefficient (Wildman–Crippen LogP) is 1.73. The summed E-state index contributed by atoms with van der Waals surface area (Å²) < 4.78 is 5.68. The van der Waals surface area contributed by atoms with Gasteiger partial charge in [-0.05, 0) is 51.1 Å². The fourth-order valence-electron chi connectivity index (χ4n) is 2.32. The summed E-state index contributed by atoms with van der Waals surface area (Å²) in [6.45, 7) is 7.43. The van der Waals surface area contributed by atoms with Crippen LogP contribution < -0.4 is 5.32 Å². The van der Waals surface area contributed by atoms with Crippen LogP contribution in [-0.4, -0.2) is 50.8 Å². The standard InChI is InChI=1S/C14H28N2O/c1-3-15-14(13-6-7-13)10-16(2)8-9-17-11-12-4-5-12/h12-15H,3-11H2,1-2H3. The predicted molar refractivity (Wildman–Crippen MR) is 71.2 cm³/mol. The van der Waals surface area contributed by atoms with Crippen molar-refractivity contribution in [3.63, 3.8) is 0 Å². The van der Waals surface area contributed by atoms with Crippen LogP contribution in [0.15, 0.2) is 0 Å². The molecule has 1 N–H and O–H groups in total. The Labute approximate surface area is 106 Å². The zero-order chi connectivity index (χ0) is 12.1. The van der Waals surface area contributed by atoms with Gasteiger partial charge in [-0.25, -0.2) is 0 Å². The molecular formula is C14H28N2O. The summed E-state index contributed by atoms with van der Waals surface area (Å²) in [6, 6.07) is 0.702. The Kier molecular flexibility index (Phi) is 5.26. The molecule has 0 radical (unpaired) electrons. The van der Waals surface area contributed by atoms with Crippen molar-refractivity contribution in [2.45, 2.75) is 38.6 Å². The van der Waals surface area contributed by atoms with Crippen LogP contribution in [0.3, 0.4) is 0 Å². The summed E-state index contributed by atoms with van der Waals surface area (Å²) in [4.78, 5) is 2.42. The van der Waals surface area contributed by atoms with E-state index in [1.54, 1.807) is 0 Å². The van der Waals surface area contributed by atoms with Gasteiger partial charge in [-0.2, -0.15) is 0 Å². The molecule has 2 aliphatic carbocycles. The lowest BCUT2D eigenvalue weighted by atomic mass is 10.1. The molecule has 3 heteroatoms. The smallest absolute Gasteiger partial charge is 0.0593 e.